The van der Waals surface area contributed by atoms with E-state index in [1.807, 2.05) is 29.2 Å². The summed E-state index contributed by atoms with van der Waals surface area (Å²) in [6.07, 6.45) is 2.17. The normalized spacial score (nSPS) is 19.7. The first-order valence-corrected chi connectivity index (χ1v) is 7.28. The van der Waals surface area contributed by atoms with Crippen LogP contribution in [0.15, 0.2) is 24.3 Å². The quantitative estimate of drug-likeness (QED) is 0.798. The summed E-state index contributed by atoms with van der Waals surface area (Å²) in [4.78, 5) is 13.9. The third-order valence-corrected chi connectivity index (χ3v) is 3.95. The molecule has 0 aromatic heterocycles. The molecule has 3 N–H and O–H groups in total. The number of nitrogens with one attached hydrogen (secondary N) is 1. The zero-order valence-electron chi connectivity index (χ0n) is 10.2. The summed E-state index contributed by atoms with van der Waals surface area (Å²) in [5, 5.41) is 2.93. The smallest absolute Gasteiger partial charge is 0.321 e. The summed E-state index contributed by atoms with van der Waals surface area (Å²) in [5.41, 5.74) is 6.52. The van der Waals surface area contributed by atoms with Gasteiger partial charge in [0.25, 0.3) is 0 Å². The van der Waals surface area contributed by atoms with Crippen molar-refractivity contribution < 1.29 is 4.79 Å². The van der Waals surface area contributed by atoms with Crippen molar-refractivity contribution >= 4 is 34.3 Å². The number of nitrogens with two attached hydrogens (primary N) is 1. The minimum absolute atomic E-state index is 0.0191. The summed E-state index contributed by atoms with van der Waals surface area (Å²) < 4.78 is 1.16. The van der Waals surface area contributed by atoms with E-state index in [1.165, 1.54) is 0 Å². The van der Waals surface area contributed by atoms with Gasteiger partial charge >= 0.3 is 6.03 Å². The zero-order valence-corrected chi connectivity index (χ0v) is 12.4. The van der Waals surface area contributed by atoms with Gasteiger partial charge in [-0.15, -0.1) is 0 Å². The molecule has 5 heteroatoms. The number of carbonyl (C=O) groups excluding carboxylic acids is 1. The van der Waals surface area contributed by atoms with Crippen molar-refractivity contribution in [3.63, 3.8) is 0 Å². The Morgan fingerprint density at radius 3 is 2.83 bits per heavy atom. The molecule has 18 heavy (non-hydrogen) atoms. The predicted octanol–water partition coefficient (Wildman–Crippen LogP) is 2.49. The molecule has 0 aliphatic carbocycles. The number of piperidine rings is 1. The van der Waals surface area contributed by atoms with E-state index in [0.717, 1.165) is 35.2 Å². The molecule has 2 rings (SSSR count). The van der Waals surface area contributed by atoms with Crippen LogP contribution >= 0.6 is 22.6 Å². The van der Waals surface area contributed by atoms with Crippen molar-refractivity contribution in [2.75, 3.05) is 25.0 Å². The van der Waals surface area contributed by atoms with E-state index in [-0.39, 0.29) is 6.03 Å². The van der Waals surface area contributed by atoms with Crippen molar-refractivity contribution in [2.24, 2.45) is 11.7 Å². The summed E-state index contributed by atoms with van der Waals surface area (Å²) in [7, 11) is 0. The van der Waals surface area contributed by atoms with Crippen molar-refractivity contribution in [1.29, 1.82) is 0 Å². The molecule has 1 saturated heterocycles. The molecule has 4 nitrogen and oxygen atoms in total. The van der Waals surface area contributed by atoms with E-state index in [0.29, 0.717) is 12.5 Å². The number of amides is 2. The molecule has 1 fully saturated rings. The summed E-state index contributed by atoms with van der Waals surface area (Å²) in [6.45, 7) is 2.26. The van der Waals surface area contributed by atoms with E-state index in [4.69, 9.17) is 5.73 Å². The highest BCUT2D eigenvalue weighted by Crippen LogP contribution is 2.17. The Labute approximate surface area is 121 Å². The summed E-state index contributed by atoms with van der Waals surface area (Å²) in [6, 6.07) is 7.78. The lowest BCUT2D eigenvalue weighted by molar-refractivity contribution is 0.179. The van der Waals surface area contributed by atoms with Crippen molar-refractivity contribution in [3.05, 3.63) is 27.8 Å². The number of anilines is 1. The maximum atomic E-state index is 12.1. The van der Waals surface area contributed by atoms with Crippen LogP contribution < -0.4 is 11.1 Å². The Bertz CT molecular complexity index is 407. The molecule has 1 heterocycles. The van der Waals surface area contributed by atoms with E-state index in [2.05, 4.69) is 27.9 Å². The molecule has 0 saturated carbocycles. The Morgan fingerprint density at radius 1 is 1.44 bits per heavy atom. The lowest BCUT2D eigenvalue weighted by atomic mass is 9.99. The number of urea groups is 1. The van der Waals surface area contributed by atoms with Crippen molar-refractivity contribution in [1.82, 2.24) is 4.90 Å². The molecule has 0 radical (unpaired) electrons. The molecule has 0 bridgehead atoms. The van der Waals surface area contributed by atoms with Crippen LogP contribution in [-0.4, -0.2) is 30.6 Å². The summed E-state index contributed by atoms with van der Waals surface area (Å²) >= 11 is 2.24. The van der Waals surface area contributed by atoms with Gasteiger partial charge in [0.1, 0.15) is 0 Å². The lowest BCUT2D eigenvalue weighted by Gasteiger charge is -2.32. The van der Waals surface area contributed by atoms with E-state index < -0.39 is 0 Å². The van der Waals surface area contributed by atoms with Gasteiger partial charge in [0.05, 0.1) is 0 Å². The second kappa shape index (κ2) is 6.38. The molecule has 1 aromatic rings. The number of hydrogen-bond donors (Lipinski definition) is 2. The lowest BCUT2D eigenvalue weighted by Crippen LogP contribution is -2.44. The highest BCUT2D eigenvalue weighted by Gasteiger charge is 2.22. The Morgan fingerprint density at radius 2 is 2.17 bits per heavy atom. The number of likely N-dealkylation sites (tertiary alicyclic amines) is 1. The first-order valence-electron chi connectivity index (χ1n) is 6.20. The fourth-order valence-corrected chi connectivity index (χ4v) is 2.54. The van der Waals surface area contributed by atoms with E-state index in [9.17, 15) is 4.79 Å². The van der Waals surface area contributed by atoms with Gasteiger partial charge in [0.2, 0.25) is 0 Å². The number of halogens is 1. The second-order valence-electron chi connectivity index (χ2n) is 4.63. The molecule has 1 aliphatic rings. The van der Waals surface area contributed by atoms with Gasteiger partial charge in [-0.2, -0.15) is 0 Å². The van der Waals surface area contributed by atoms with Gasteiger partial charge in [-0.3, -0.25) is 0 Å². The molecule has 98 valence electrons. The SMILES string of the molecule is NCC1CCCN(C(=O)Nc2ccc(I)cc2)C1. The third kappa shape index (κ3) is 3.58. The standard InChI is InChI=1S/C13H18IN3O/c14-11-3-5-12(6-4-11)16-13(18)17-7-1-2-10(8-15)9-17/h3-6,10H,1-2,7-9,15H2,(H,16,18). The van der Waals surface area contributed by atoms with Crippen LogP contribution in [0.5, 0.6) is 0 Å². The van der Waals surface area contributed by atoms with Crippen LogP contribution in [-0.2, 0) is 0 Å². The monoisotopic (exact) mass is 359 g/mol. The van der Waals surface area contributed by atoms with Gasteiger partial charge in [0.15, 0.2) is 0 Å². The highest BCUT2D eigenvalue weighted by atomic mass is 127. The van der Waals surface area contributed by atoms with Crippen LogP contribution in [0.25, 0.3) is 0 Å². The van der Waals surface area contributed by atoms with Gasteiger partial charge < -0.3 is 16.0 Å². The minimum atomic E-state index is -0.0191. The van der Waals surface area contributed by atoms with E-state index in [1.54, 1.807) is 0 Å². The molecular formula is C13H18IN3O. The molecule has 1 aromatic carbocycles. The van der Waals surface area contributed by atoms with Crippen LogP contribution in [0.3, 0.4) is 0 Å². The number of carbonyl (C=O) groups is 1. The van der Waals surface area contributed by atoms with E-state index >= 15 is 0 Å². The number of nitrogens with zero attached hydrogens (tertiary/aromatic N) is 1. The number of rotatable bonds is 2. The van der Waals surface area contributed by atoms with Crippen LogP contribution in [0.2, 0.25) is 0 Å². The molecule has 1 aliphatic heterocycles. The fraction of sp³-hybridized carbons (Fsp3) is 0.462. The van der Waals surface area contributed by atoms with Crippen LogP contribution in [0.4, 0.5) is 10.5 Å². The van der Waals surface area contributed by atoms with Gasteiger partial charge in [-0.1, -0.05) is 0 Å². The van der Waals surface area contributed by atoms with Crippen molar-refractivity contribution in [2.45, 2.75) is 12.8 Å². The Balaban J connectivity index is 1.93. The van der Waals surface area contributed by atoms with Gasteiger partial charge in [-0.05, 0) is 72.2 Å². The van der Waals surface area contributed by atoms with Crippen molar-refractivity contribution in [3.8, 4) is 0 Å². The van der Waals surface area contributed by atoms with Gasteiger partial charge in [0, 0.05) is 22.3 Å². The number of hydrogen-bond acceptors (Lipinski definition) is 2. The predicted molar refractivity (Wildman–Crippen MR) is 81.5 cm³/mol. The fourth-order valence-electron chi connectivity index (χ4n) is 2.18. The minimum Gasteiger partial charge on any atom is -0.330 e. The molecule has 1 unspecified atom stereocenters. The third-order valence-electron chi connectivity index (χ3n) is 3.24. The molecule has 0 spiro atoms. The largest absolute Gasteiger partial charge is 0.330 e. The average molecular weight is 359 g/mol. The highest BCUT2D eigenvalue weighted by molar-refractivity contribution is 14.1. The Hall–Kier alpha value is -0.820. The summed E-state index contributed by atoms with van der Waals surface area (Å²) in [5.74, 6) is 0.446. The maximum Gasteiger partial charge on any atom is 0.321 e. The average Bonchev–Trinajstić information content (AvgIpc) is 2.41. The molecule has 2 amide bonds. The first-order chi connectivity index (χ1) is 8.69. The van der Waals surface area contributed by atoms with Crippen LogP contribution in [0, 0.1) is 9.49 Å². The topological polar surface area (TPSA) is 58.4 Å². The maximum absolute atomic E-state index is 12.1. The van der Waals surface area contributed by atoms with Gasteiger partial charge in [-0.25, -0.2) is 4.79 Å². The molecule has 1 atom stereocenters. The van der Waals surface area contributed by atoms with Crippen LogP contribution in [0.1, 0.15) is 12.8 Å². The Kier molecular flexibility index (Phi) is 4.82. The second-order valence-corrected chi connectivity index (χ2v) is 5.87. The number of benzene rings is 1. The molecular weight excluding hydrogens is 341 g/mol. The first kappa shape index (κ1) is 13.6. The zero-order chi connectivity index (χ0) is 13.0.